The number of H-pyrrole nitrogens is 1. The molecule has 0 radical (unpaired) electrons. The summed E-state index contributed by atoms with van der Waals surface area (Å²) >= 11 is 0. The molecule has 0 bridgehead atoms. The van der Waals surface area contributed by atoms with Crippen molar-refractivity contribution >= 4 is 22.5 Å². The number of benzene rings is 2. The maximum Gasteiger partial charge on any atom is 0.219 e. The molecular weight excluding hydrogens is 480 g/mol. The highest BCUT2D eigenvalue weighted by Gasteiger charge is 2.36. The second-order valence-corrected chi connectivity index (χ2v) is 9.48. The topological polar surface area (TPSA) is 111 Å². The van der Waals surface area contributed by atoms with Gasteiger partial charge in [0.25, 0.3) is 0 Å². The molecule has 9 heteroatoms. The van der Waals surface area contributed by atoms with Crippen LogP contribution in [-0.4, -0.2) is 56.7 Å². The zero-order valence-corrected chi connectivity index (χ0v) is 21.2. The van der Waals surface area contributed by atoms with Crippen LogP contribution in [0.3, 0.4) is 0 Å². The van der Waals surface area contributed by atoms with Gasteiger partial charge in [0.2, 0.25) is 5.88 Å². The number of ketones is 1. The Bertz CT molecular complexity index is 1580. The molecule has 3 aromatic heterocycles. The predicted octanol–water partition coefficient (Wildman–Crippen LogP) is 4.69. The number of nitrogen functional groups attached to an aromatic ring is 1. The summed E-state index contributed by atoms with van der Waals surface area (Å²) in [6.07, 6.45) is 3.44. The van der Waals surface area contributed by atoms with Gasteiger partial charge >= 0.3 is 0 Å². The summed E-state index contributed by atoms with van der Waals surface area (Å²) in [4.78, 5) is 22.9. The molecule has 3 N–H and O–H groups in total. The van der Waals surface area contributed by atoms with Crippen LogP contribution in [-0.2, 0) is 4.74 Å². The number of aromatic amines is 1. The largest absolute Gasteiger partial charge is 0.439 e. The fourth-order valence-corrected chi connectivity index (χ4v) is 4.98. The summed E-state index contributed by atoms with van der Waals surface area (Å²) in [7, 11) is 1.93. The quantitative estimate of drug-likeness (QED) is 0.320. The molecule has 1 aliphatic heterocycles. The standard InChI is InChI=1S/C29H28N6O3/c1-18-13-20(38-27-9-5-6-12-31-27)10-11-24(18)35-29(30)21(15-32-35)25-16-37-17-26(34(25)2)28(36)23-14-19-7-3-4-8-22(19)33-23/h3-15,25-26,33H,16-17,30H2,1-2H3. The Morgan fingerprint density at radius 3 is 2.74 bits per heavy atom. The van der Waals surface area contributed by atoms with Crippen LogP contribution in [0.2, 0.25) is 0 Å². The molecule has 0 aliphatic carbocycles. The van der Waals surface area contributed by atoms with Gasteiger partial charge in [-0.05, 0) is 55.9 Å². The first-order valence-electron chi connectivity index (χ1n) is 12.4. The van der Waals surface area contributed by atoms with Gasteiger partial charge in [0.1, 0.15) is 11.6 Å². The van der Waals surface area contributed by atoms with Crippen LogP contribution in [0.4, 0.5) is 5.82 Å². The van der Waals surface area contributed by atoms with Crippen molar-refractivity contribution in [1.82, 2.24) is 24.6 Å². The van der Waals surface area contributed by atoms with Crippen molar-refractivity contribution in [3.05, 3.63) is 95.9 Å². The smallest absolute Gasteiger partial charge is 0.219 e. The second kappa shape index (κ2) is 9.77. The van der Waals surface area contributed by atoms with E-state index in [4.69, 9.17) is 15.2 Å². The van der Waals surface area contributed by atoms with Crippen LogP contribution in [0.5, 0.6) is 11.6 Å². The second-order valence-electron chi connectivity index (χ2n) is 9.48. The Labute approximate surface area is 219 Å². The SMILES string of the molecule is Cc1cc(Oc2ccccn2)ccc1-n1ncc(C2COCC(C(=O)c3cc4ccccc4[nH]3)N2C)c1N. The van der Waals surface area contributed by atoms with Crippen molar-refractivity contribution < 1.29 is 14.3 Å². The molecule has 0 amide bonds. The highest BCUT2D eigenvalue weighted by atomic mass is 16.5. The fraction of sp³-hybridized carbons (Fsp3) is 0.207. The summed E-state index contributed by atoms with van der Waals surface area (Å²) in [5, 5.41) is 5.60. The van der Waals surface area contributed by atoms with E-state index in [1.165, 1.54) is 0 Å². The first-order chi connectivity index (χ1) is 18.5. The Kier molecular flexibility index (Phi) is 6.15. The zero-order chi connectivity index (χ0) is 26.2. The molecule has 0 spiro atoms. The molecule has 2 unspecified atom stereocenters. The fourth-order valence-electron chi connectivity index (χ4n) is 4.98. The van der Waals surface area contributed by atoms with Crippen molar-refractivity contribution in [3.8, 4) is 17.3 Å². The lowest BCUT2D eigenvalue weighted by Gasteiger charge is -2.38. The molecule has 6 rings (SSSR count). The van der Waals surface area contributed by atoms with Crippen molar-refractivity contribution in [1.29, 1.82) is 0 Å². The van der Waals surface area contributed by atoms with Gasteiger partial charge in [0.15, 0.2) is 5.78 Å². The van der Waals surface area contributed by atoms with Gasteiger partial charge in [-0.1, -0.05) is 24.3 Å². The van der Waals surface area contributed by atoms with Crippen LogP contribution >= 0.6 is 0 Å². The van der Waals surface area contributed by atoms with Gasteiger partial charge in [-0.15, -0.1) is 0 Å². The van der Waals surface area contributed by atoms with Gasteiger partial charge in [0.05, 0.1) is 42.9 Å². The molecule has 0 saturated carbocycles. The van der Waals surface area contributed by atoms with Gasteiger partial charge in [-0.25, -0.2) is 9.67 Å². The molecule has 5 aromatic rings. The number of nitrogens with two attached hydrogens (primary N) is 1. The van der Waals surface area contributed by atoms with Crippen LogP contribution < -0.4 is 10.5 Å². The lowest BCUT2D eigenvalue weighted by molar-refractivity contribution is -0.0277. The van der Waals surface area contributed by atoms with E-state index >= 15 is 0 Å². The zero-order valence-electron chi connectivity index (χ0n) is 21.2. The summed E-state index contributed by atoms with van der Waals surface area (Å²) in [6, 6.07) is 20.3. The average molecular weight is 509 g/mol. The minimum Gasteiger partial charge on any atom is -0.439 e. The Morgan fingerprint density at radius 1 is 1.11 bits per heavy atom. The maximum absolute atomic E-state index is 13.5. The number of aryl methyl sites for hydroxylation is 1. The number of Topliss-reactive ketones (excluding diaryl/α,β-unsaturated/α-hetero) is 1. The summed E-state index contributed by atoms with van der Waals surface area (Å²) in [5.74, 6) is 1.69. The van der Waals surface area contributed by atoms with E-state index < -0.39 is 6.04 Å². The van der Waals surface area contributed by atoms with Crippen LogP contribution in [0.1, 0.15) is 27.7 Å². The highest BCUT2D eigenvalue weighted by molar-refractivity contribution is 6.02. The third-order valence-electron chi connectivity index (χ3n) is 7.08. The number of morpholine rings is 1. The highest BCUT2D eigenvalue weighted by Crippen LogP contribution is 2.33. The van der Waals surface area contributed by atoms with Crippen molar-refractivity contribution in [2.75, 3.05) is 26.0 Å². The van der Waals surface area contributed by atoms with Crippen LogP contribution in [0, 0.1) is 6.92 Å². The lowest BCUT2D eigenvalue weighted by atomic mass is 10.0. The van der Waals surface area contributed by atoms with Crippen molar-refractivity contribution in [3.63, 3.8) is 0 Å². The van der Waals surface area contributed by atoms with Gasteiger partial charge in [-0.3, -0.25) is 9.69 Å². The van der Waals surface area contributed by atoms with E-state index in [0.717, 1.165) is 27.7 Å². The number of pyridine rings is 1. The molecule has 9 nitrogen and oxygen atoms in total. The molecule has 4 heterocycles. The number of nitrogens with one attached hydrogen (secondary N) is 1. The molecular formula is C29H28N6O3. The van der Waals surface area contributed by atoms with E-state index in [9.17, 15) is 4.79 Å². The van der Waals surface area contributed by atoms with Crippen LogP contribution in [0.25, 0.3) is 16.6 Å². The number of rotatable bonds is 6. The van der Waals surface area contributed by atoms with Gasteiger partial charge < -0.3 is 20.2 Å². The number of nitrogens with zero attached hydrogens (tertiary/aromatic N) is 4. The maximum atomic E-state index is 13.5. The summed E-state index contributed by atoms with van der Waals surface area (Å²) in [5.41, 5.74) is 10.7. The third kappa shape index (κ3) is 4.31. The van der Waals surface area contributed by atoms with Crippen LogP contribution in [0.15, 0.2) is 79.1 Å². The normalized spacial score (nSPS) is 18.1. The molecule has 1 aliphatic rings. The van der Waals surface area contributed by atoms with E-state index in [0.29, 0.717) is 36.4 Å². The monoisotopic (exact) mass is 508 g/mol. The molecule has 2 aromatic carbocycles. The Morgan fingerprint density at radius 2 is 1.95 bits per heavy atom. The van der Waals surface area contributed by atoms with E-state index in [1.807, 2.05) is 79.5 Å². The van der Waals surface area contributed by atoms with E-state index in [2.05, 4.69) is 15.1 Å². The van der Waals surface area contributed by atoms with E-state index in [1.54, 1.807) is 23.1 Å². The number of ether oxygens (including phenoxy) is 2. The van der Waals surface area contributed by atoms with Gasteiger partial charge in [-0.2, -0.15) is 5.10 Å². The van der Waals surface area contributed by atoms with Gasteiger partial charge in [0, 0.05) is 28.7 Å². The number of para-hydroxylation sites is 1. The molecule has 38 heavy (non-hydrogen) atoms. The summed E-state index contributed by atoms with van der Waals surface area (Å²) < 4.78 is 13.5. The number of fused-ring (bicyclic) bond motifs is 1. The molecule has 192 valence electrons. The first kappa shape index (κ1) is 23.9. The summed E-state index contributed by atoms with van der Waals surface area (Å²) in [6.45, 7) is 2.71. The number of carbonyl (C=O) groups is 1. The number of carbonyl (C=O) groups excluding carboxylic acids is 1. The Hall–Kier alpha value is -4.47. The number of aromatic nitrogens is 4. The minimum absolute atomic E-state index is 0.0151. The number of likely N-dealkylation sites (N-methyl/N-ethyl adjacent to an activating group) is 1. The Balaban J connectivity index is 1.24. The third-order valence-corrected chi connectivity index (χ3v) is 7.08. The average Bonchev–Trinajstić information content (AvgIpc) is 3.53. The minimum atomic E-state index is -0.450. The lowest BCUT2D eigenvalue weighted by Crippen LogP contribution is -2.49. The number of hydrogen-bond acceptors (Lipinski definition) is 7. The number of hydrogen-bond donors (Lipinski definition) is 2. The predicted molar refractivity (Wildman–Crippen MR) is 145 cm³/mol. The molecule has 1 fully saturated rings. The number of anilines is 1. The first-order valence-corrected chi connectivity index (χ1v) is 12.4. The van der Waals surface area contributed by atoms with Crippen molar-refractivity contribution in [2.24, 2.45) is 0 Å². The van der Waals surface area contributed by atoms with Crippen molar-refractivity contribution in [2.45, 2.75) is 19.0 Å². The molecule has 1 saturated heterocycles. The van der Waals surface area contributed by atoms with E-state index in [-0.39, 0.29) is 11.8 Å². The molecule has 2 atom stereocenters.